The van der Waals surface area contributed by atoms with E-state index in [4.69, 9.17) is 9.26 Å². The Morgan fingerprint density at radius 1 is 1.24 bits per heavy atom. The van der Waals surface area contributed by atoms with Gasteiger partial charge in [-0.25, -0.2) is 4.68 Å². The fourth-order valence-corrected chi connectivity index (χ4v) is 2.22. The SMILES string of the molecule is COc1ccc(-c2ccc(=O)n(CC(=O)Nc3cc(C)on3)n2)cc1. The minimum Gasteiger partial charge on any atom is -0.497 e. The van der Waals surface area contributed by atoms with Gasteiger partial charge < -0.3 is 14.6 Å². The number of benzene rings is 1. The molecule has 0 aliphatic rings. The van der Waals surface area contributed by atoms with Gasteiger partial charge in [0.05, 0.1) is 12.8 Å². The number of aryl methyl sites for hydroxylation is 1. The molecule has 0 atom stereocenters. The molecule has 0 unspecified atom stereocenters. The first-order valence-corrected chi connectivity index (χ1v) is 7.51. The molecule has 0 bridgehead atoms. The molecule has 0 aliphatic carbocycles. The van der Waals surface area contributed by atoms with Gasteiger partial charge in [-0.1, -0.05) is 5.16 Å². The lowest BCUT2D eigenvalue weighted by Crippen LogP contribution is -2.29. The Morgan fingerprint density at radius 2 is 2.00 bits per heavy atom. The van der Waals surface area contributed by atoms with Crippen molar-refractivity contribution in [2.75, 3.05) is 12.4 Å². The smallest absolute Gasteiger partial charge is 0.267 e. The van der Waals surface area contributed by atoms with E-state index in [2.05, 4.69) is 15.6 Å². The van der Waals surface area contributed by atoms with Gasteiger partial charge in [0.25, 0.3) is 5.56 Å². The molecule has 1 aromatic carbocycles. The number of aromatic nitrogens is 3. The lowest BCUT2D eigenvalue weighted by atomic mass is 10.1. The molecule has 0 aliphatic heterocycles. The van der Waals surface area contributed by atoms with Crippen molar-refractivity contribution in [2.24, 2.45) is 0 Å². The van der Waals surface area contributed by atoms with Crippen LogP contribution in [0.3, 0.4) is 0 Å². The van der Waals surface area contributed by atoms with E-state index in [0.29, 0.717) is 17.3 Å². The Balaban J connectivity index is 1.79. The maximum absolute atomic E-state index is 12.1. The zero-order chi connectivity index (χ0) is 17.8. The van der Waals surface area contributed by atoms with Crippen LogP contribution in [0.1, 0.15) is 5.76 Å². The molecule has 25 heavy (non-hydrogen) atoms. The molecule has 2 aromatic heterocycles. The molecule has 3 rings (SSSR count). The predicted octanol–water partition coefficient (Wildman–Crippen LogP) is 1.85. The summed E-state index contributed by atoms with van der Waals surface area (Å²) in [6.45, 7) is 1.49. The molecule has 0 saturated heterocycles. The lowest BCUT2D eigenvalue weighted by Gasteiger charge is -2.07. The summed E-state index contributed by atoms with van der Waals surface area (Å²) in [6.07, 6.45) is 0. The number of carbonyl (C=O) groups is 1. The first-order valence-electron chi connectivity index (χ1n) is 7.51. The van der Waals surface area contributed by atoms with E-state index < -0.39 is 5.91 Å². The van der Waals surface area contributed by atoms with E-state index in [1.165, 1.54) is 6.07 Å². The number of hydrogen-bond donors (Lipinski definition) is 1. The largest absolute Gasteiger partial charge is 0.497 e. The third-order valence-corrected chi connectivity index (χ3v) is 3.44. The second kappa shape index (κ2) is 7.00. The third kappa shape index (κ3) is 3.92. The number of nitrogens with zero attached hydrogens (tertiary/aromatic N) is 3. The molecule has 0 radical (unpaired) electrons. The van der Waals surface area contributed by atoms with E-state index >= 15 is 0 Å². The minimum atomic E-state index is -0.421. The number of ether oxygens (including phenoxy) is 1. The van der Waals surface area contributed by atoms with Crippen molar-refractivity contribution in [1.82, 2.24) is 14.9 Å². The summed E-state index contributed by atoms with van der Waals surface area (Å²) < 4.78 is 11.1. The van der Waals surface area contributed by atoms with Crippen LogP contribution in [0.25, 0.3) is 11.3 Å². The Hall–Kier alpha value is -3.42. The number of anilines is 1. The van der Waals surface area contributed by atoms with Gasteiger partial charge in [-0.15, -0.1) is 0 Å². The Kier molecular flexibility index (Phi) is 4.60. The third-order valence-electron chi connectivity index (χ3n) is 3.44. The molecular formula is C17H16N4O4. The highest BCUT2D eigenvalue weighted by Crippen LogP contribution is 2.19. The van der Waals surface area contributed by atoms with Gasteiger partial charge in [0.1, 0.15) is 18.1 Å². The van der Waals surface area contributed by atoms with E-state index in [1.807, 2.05) is 12.1 Å². The van der Waals surface area contributed by atoms with Crippen LogP contribution in [-0.4, -0.2) is 28.0 Å². The zero-order valence-electron chi connectivity index (χ0n) is 13.7. The van der Waals surface area contributed by atoms with Crippen molar-refractivity contribution in [2.45, 2.75) is 13.5 Å². The fraction of sp³-hybridized carbons (Fsp3) is 0.176. The average Bonchev–Trinajstić information content (AvgIpc) is 3.01. The standard InChI is InChI=1S/C17H16N4O4/c1-11-9-15(20-25-11)18-16(22)10-21-17(23)8-7-14(19-21)12-3-5-13(24-2)6-4-12/h3-9H,10H2,1-2H3,(H,18,20,22). The Labute approximate surface area is 143 Å². The maximum Gasteiger partial charge on any atom is 0.267 e. The van der Waals surface area contributed by atoms with Crippen molar-refractivity contribution in [3.63, 3.8) is 0 Å². The molecule has 0 saturated carbocycles. The number of amides is 1. The molecule has 2 heterocycles. The van der Waals surface area contributed by atoms with Crippen LogP contribution < -0.4 is 15.6 Å². The second-order valence-corrected chi connectivity index (χ2v) is 5.31. The van der Waals surface area contributed by atoms with Crippen LogP contribution in [0.4, 0.5) is 5.82 Å². The van der Waals surface area contributed by atoms with Gasteiger partial charge in [-0.05, 0) is 37.3 Å². The highest BCUT2D eigenvalue weighted by Gasteiger charge is 2.10. The van der Waals surface area contributed by atoms with Crippen LogP contribution in [0.15, 0.2) is 51.8 Å². The van der Waals surface area contributed by atoms with Crippen molar-refractivity contribution in [1.29, 1.82) is 0 Å². The lowest BCUT2D eigenvalue weighted by molar-refractivity contribution is -0.117. The summed E-state index contributed by atoms with van der Waals surface area (Å²) in [7, 11) is 1.59. The van der Waals surface area contributed by atoms with E-state index in [9.17, 15) is 9.59 Å². The Bertz CT molecular complexity index is 944. The quantitative estimate of drug-likeness (QED) is 0.761. The summed E-state index contributed by atoms with van der Waals surface area (Å²) >= 11 is 0. The molecule has 8 nitrogen and oxygen atoms in total. The average molecular weight is 340 g/mol. The summed E-state index contributed by atoms with van der Waals surface area (Å²) in [5, 5.41) is 10.5. The number of nitrogens with one attached hydrogen (secondary N) is 1. The number of carbonyl (C=O) groups excluding carboxylic acids is 1. The predicted molar refractivity (Wildman–Crippen MR) is 90.4 cm³/mol. The van der Waals surface area contributed by atoms with E-state index in [-0.39, 0.29) is 12.1 Å². The van der Waals surface area contributed by atoms with Gasteiger partial charge in [0.2, 0.25) is 5.91 Å². The summed E-state index contributed by atoms with van der Waals surface area (Å²) in [4.78, 5) is 24.0. The van der Waals surface area contributed by atoms with Gasteiger partial charge in [-0.3, -0.25) is 9.59 Å². The summed E-state index contributed by atoms with van der Waals surface area (Å²) in [5.41, 5.74) is 1.01. The number of rotatable bonds is 5. The molecule has 8 heteroatoms. The van der Waals surface area contributed by atoms with Crippen molar-refractivity contribution in [3.05, 3.63) is 58.6 Å². The normalized spacial score (nSPS) is 10.5. The zero-order valence-corrected chi connectivity index (χ0v) is 13.7. The molecule has 128 valence electrons. The highest BCUT2D eigenvalue weighted by molar-refractivity contribution is 5.89. The van der Waals surface area contributed by atoms with Gasteiger partial charge in [-0.2, -0.15) is 5.10 Å². The molecule has 0 spiro atoms. The molecule has 3 aromatic rings. The van der Waals surface area contributed by atoms with Crippen LogP contribution in [0.5, 0.6) is 5.75 Å². The number of hydrogen-bond acceptors (Lipinski definition) is 6. The first kappa shape index (κ1) is 16.4. The maximum atomic E-state index is 12.1. The van der Waals surface area contributed by atoms with Crippen LogP contribution >= 0.6 is 0 Å². The van der Waals surface area contributed by atoms with Crippen LogP contribution in [-0.2, 0) is 11.3 Å². The molecular weight excluding hydrogens is 324 g/mol. The number of methoxy groups -OCH3 is 1. The molecule has 1 N–H and O–H groups in total. The van der Waals surface area contributed by atoms with Gasteiger partial charge >= 0.3 is 0 Å². The van der Waals surface area contributed by atoms with Crippen LogP contribution in [0.2, 0.25) is 0 Å². The fourth-order valence-electron chi connectivity index (χ4n) is 2.22. The van der Waals surface area contributed by atoms with Crippen LogP contribution in [0, 0.1) is 6.92 Å². The first-order chi connectivity index (χ1) is 12.0. The van der Waals surface area contributed by atoms with Crippen molar-refractivity contribution in [3.8, 4) is 17.0 Å². The van der Waals surface area contributed by atoms with E-state index in [1.54, 1.807) is 38.3 Å². The van der Waals surface area contributed by atoms with Gasteiger partial charge in [0.15, 0.2) is 5.82 Å². The molecule has 1 amide bonds. The summed E-state index contributed by atoms with van der Waals surface area (Å²) in [5.74, 6) is 1.17. The van der Waals surface area contributed by atoms with Crippen molar-refractivity contribution >= 4 is 11.7 Å². The van der Waals surface area contributed by atoms with Crippen molar-refractivity contribution < 1.29 is 14.1 Å². The monoisotopic (exact) mass is 340 g/mol. The molecule has 0 fully saturated rings. The van der Waals surface area contributed by atoms with Gasteiger partial charge in [0, 0.05) is 17.7 Å². The minimum absolute atomic E-state index is 0.227. The van der Waals surface area contributed by atoms with E-state index in [0.717, 1.165) is 16.0 Å². The summed E-state index contributed by atoms with van der Waals surface area (Å²) in [6, 6.07) is 11.8. The Morgan fingerprint density at radius 3 is 2.64 bits per heavy atom. The highest BCUT2D eigenvalue weighted by atomic mass is 16.5. The second-order valence-electron chi connectivity index (χ2n) is 5.31. The topological polar surface area (TPSA) is 99.2 Å².